The molecule has 0 radical (unpaired) electrons. The molecule has 3 heteroatoms. The number of rotatable bonds is 3. The van der Waals surface area contributed by atoms with E-state index in [2.05, 4.69) is 17.0 Å². The predicted molar refractivity (Wildman–Crippen MR) is 85.1 cm³/mol. The number of benzene rings is 1. The summed E-state index contributed by atoms with van der Waals surface area (Å²) in [7, 11) is 0. The van der Waals surface area contributed by atoms with Gasteiger partial charge in [-0.1, -0.05) is 36.6 Å². The Hall–Kier alpha value is -0.570. The van der Waals surface area contributed by atoms with Crippen molar-refractivity contribution in [2.45, 2.75) is 50.6 Å². The highest BCUT2D eigenvalue weighted by molar-refractivity contribution is 6.30. The topological polar surface area (TPSA) is 29.3 Å². The average molecular weight is 293 g/mol. The lowest BCUT2D eigenvalue weighted by Crippen LogP contribution is -2.50. The van der Waals surface area contributed by atoms with Crippen LogP contribution in [0.5, 0.6) is 0 Å². The predicted octanol–water partition coefficient (Wildman–Crippen LogP) is 3.47. The van der Waals surface area contributed by atoms with Crippen LogP contribution in [0, 0.1) is 5.92 Å². The molecule has 3 rings (SSSR count). The third kappa shape index (κ3) is 3.55. The van der Waals surface area contributed by atoms with Crippen molar-refractivity contribution in [2.24, 2.45) is 11.7 Å². The summed E-state index contributed by atoms with van der Waals surface area (Å²) < 4.78 is 0. The van der Waals surface area contributed by atoms with E-state index in [9.17, 15) is 0 Å². The van der Waals surface area contributed by atoms with Crippen molar-refractivity contribution >= 4 is 11.6 Å². The minimum absolute atomic E-state index is 0.349. The van der Waals surface area contributed by atoms with Gasteiger partial charge in [0.05, 0.1) is 0 Å². The van der Waals surface area contributed by atoms with Crippen molar-refractivity contribution in [1.82, 2.24) is 4.90 Å². The van der Waals surface area contributed by atoms with Gasteiger partial charge in [-0.25, -0.2) is 0 Å². The van der Waals surface area contributed by atoms with E-state index in [1.165, 1.54) is 37.8 Å². The highest BCUT2D eigenvalue weighted by Gasteiger charge is 2.31. The summed E-state index contributed by atoms with van der Waals surface area (Å²) in [6, 6.07) is 9.45. The highest BCUT2D eigenvalue weighted by Crippen LogP contribution is 2.29. The fourth-order valence-electron chi connectivity index (χ4n) is 3.95. The van der Waals surface area contributed by atoms with Gasteiger partial charge in [0.25, 0.3) is 0 Å². The fraction of sp³-hybridized carbons (Fsp3) is 0.647. The third-order valence-corrected chi connectivity index (χ3v) is 5.13. The van der Waals surface area contributed by atoms with E-state index in [0.29, 0.717) is 12.0 Å². The molecule has 0 aromatic heterocycles. The van der Waals surface area contributed by atoms with Gasteiger partial charge in [0, 0.05) is 30.2 Å². The number of nitrogens with two attached hydrogens (primary N) is 1. The molecular weight excluding hydrogens is 268 g/mol. The second-order valence-electron chi connectivity index (χ2n) is 6.58. The number of halogens is 1. The summed E-state index contributed by atoms with van der Waals surface area (Å²) in [6.45, 7) is 2.32. The standard InChI is InChI=1S/C17H25ClN2/c18-15-7-5-13(6-8-15)9-14-10-16(19)12-20(11-14)17-3-1-2-4-17/h5-8,14,16-17H,1-4,9-12,19H2. The van der Waals surface area contributed by atoms with Gasteiger partial charge in [-0.2, -0.15) is 0 Å². The van der Waals surface area contributed by atoms with Crippen molar-refractivity contribution in [3.8, 4) is 0 Å². The first-order valence-electron chi connectivity index (χ1n) is 7.95. The van der Waals surface area contributed by atoms with E-state index in [-0.39, 0.29) is 0 Å². The Bertz CT molecular complexity index is 425. The number of nitrogens with zero attached hydrogens (tertiary/aromatic N) is 1. The summed E-state index contributed by atoms with van der Waals surface area (Å²) in [5, 5.41) is 0.821. The van der Waals surface area contributed by atoms with Crippen LogP contribution >= 0.6 is 11.6 Å². The molecular formula is C17H25ClN2. The van der Waals surface area contributed by atoms with E-state index in [4.69, 9.17) is 17.3 Å². The molecule has 1 aromatic rings. The van der Waals surface area contributed by atoms with Crippen LogP contribution in [0.2, 0.25) is 5.02 Å². The first kappa shape index (κ1) is 14.4. The quantitative estimate of drug-likeness (QED) is 0.924. The lowest BCUT2D eigenvalue weighted by molar-refractivity contribution is 0.111. The van der Waals surface area contributed by atoms with Crippen LogP contribution in [0.3, 0.4) is 0 Å². The second-order valence-corrected chi connectivity index (χ2v) is 7.02. The second kappa shape index (κ2) is 6.46. The molecule has 2 unspecified atom stereocenters. The lowest BCUT2D eigenvalue weighted by atomic mass is 9.88. The molecule has 1 aromatic carbocycles. The third-order valence-electron chi connectivity index (χ3n) is 4.88. The van der Waals surface area contributed by atoms with Crippen molar-refractivity contribution in [3.63, 3.8) is 0 Å². The molecule has 1 saturated heterocycles. The largest absolute Gasteiger partial charge is 0.327 e. The minimum atomic E-state index is 0.349. The van der Waals surface area contributed by atoms with Crippen LogP contribution < -0.4 is 5.73 Å². The lowest BCUT2D eigenvalue weighted by Gasteiger charge is -2.40. The van der Waals surface area contributed by atoms with E-state index in [1.54, 1.807) is 0 Å². The molecule has 1 aliphatic heterocycles. The summed E-state index contributed by atoms with van der Waals surface area (Å²) in [4.78, 5) is 2.67. The van der Waals surface area contributed by atoms with Gasteiger partial charge in [-0.3, -0.25) is 4.90 Å². The van der Waals surface area contributed by atoms with Gasteiger partial charge < -0.3 is 5.73 Å². The summed E-state index contributed by atoms with van der Waals surface area (Å²) in [6.07, 6.45) is 7.84. The van der Waals surface area contributed by atoms with Gasteiger partial charge >= 0.3 is 0 Å². The van der Waals surface area contributed by atoms with Crippen LogP contribution in [0.25, 0.3) is 0 Å². The van der Waals surface area contributed by atoms with Crippen LogP contribution in [-0.4, -0.2) is 30.1 Å². The normalized spacial score (nSPS) is 28.9. The van der Waals surface area contributed by atoms with Gasteiger partial charge in [0.1, 0.15) is 0 Å². The molecule has 0 spiro atoms. The van der Waals surface area contributed by atoms with Crippen molar-refractivity contribution < 1.29 is 0 Å². The smallest absolute Gasteiger partial charge is 0.0406 e. The molecule has 1 saturated carbocycles. The Morgan fingerprint density at radius 2 is 1.80 bits per heavy atom. The zero-order valence-corrected chi connectivity index (χ0v) is 12.9. The number of hydrogen-bond acceptors (Lipinski definition) is 2. The molecule has 2 fully saturated rings. The maximum absolute atomic E-state index is 6.30. The van der Waals surface area contributed by atoms with Crippen molar-refractivity contribution in [1.29, 1.82) is 0 Å². The monoisotopic (exact) mass is 292 g/mol. The van der Waals surface area contributed by atoms with Crippen molar-refractivity contribution in [3.05, 3.63) is 34.9 Å². The van der Waals surface area contributed by atoms with E-state index in [0.717, 1.165) is 30.5 Å². The molecule has 2 aliphatic rings. The van der Waals surface area contributed by atoms with Gasteiger partial charge in [0.15, 0.2) is 0 Å². The van der Waals surface area contributed by atoms with Crippen LogP contribution in [0.1, 0.15) is 37.7 Å². The molecule has 1 heterocycles. The van der Waals surface area contributed by atoms with Crippen LogP contribution in [0.4, 0.5) is 0 Å². The number of piperidine rings is 1. The first-order chi connectivity index (χ1) is 9.70. The molecule has 2 nitrogen and oxygen atoms in total. The molecule has 0 amide bonds. The Balaban J connectivity index is 1.62. The molecule has 1 aliphatic carbocycles. The minimum Gasteiger partial charge on any atom is -0.327 e. The SMILES string of the molecule is NC1CC(Cc2ccc(Cl)cc2)CN(C2CCCC2)C1. The number of hydrogen-bond donors (Lipinski definition) is 1. The Labute approximate surface area is 127 Å². The van der Waals surface area contributed by atoms with E-state index < -0.39 is 0 Å². The summed E-state index contributed by atoms with van der Waals surface area (Å²) in [5.74, 6) is 0.695. The molecule has 2 atom stereocenters. The average Bonchev–Trinajstić information content (AvgIpc) is 2.95. The Morgan fingerprint density at radius 3 is 2.50 bits per heavy atom. The number of likely N-dealkylation sites (tertiary alicyclic amines) is 1. The first-order valence-corrected chi connectivity index (χ1v) is 8.32. The summed E-state index contributed by atoms with van der Waals surface area (Å²) >= 11 is 5.96. The molecule has 0 bridgehead atoms. The Kier molecular flexibility index (Phi) is 4.65. The summed E-state index contributed by atoms with van der Waals surface area (Å²) in [5.41, 5.74) is 7.69. The highest BCUT2D eigenvalue weighted by atomic mass is 35.5. The zero-order chi connectivity index (χ0) is 13.9. The van der Waals surface area contributed by atoms with Gasteiger partial charge in [-0.15, -0.1) is 0 Å². The Morgan fingerprint density at radius 1 is 1.10 bits per heavy atom. The van der Waals surface area contributed by atoms with E-state index >= 15 is 0 Å². The van der Waals surface area contributed by atoms with Crippen LogP contribution in [-0.2, 0) is 6.42 Å². The van der Waals surface area contributed by atoms with Gasteiger partial charge in [-0.05, 0) is 49.3 Å². The molecule has 20 heavy (non-hydrogen) atoms. The molecule has 110 valence electrons. The maximum Gasteiger partial charge on any atom is 0.0406 e. The van der Waals surface area contributed by atoms with Crippen molar-refractivity contribution in [2.75, 3.05) is 13.1 Å². The van der Waals surface area contributed by atoms with E-state index in [1.807, 2.05) is 12.1 Å². The van der Waals surface area contributed by atoms with Crippen LogP contribution in [0.15, 0.2) is 24.3 Å². The zero-order valence-electron chi connectivity index (χ0n) is 12.1. The van der Waals surface area contributed by atoms with Gasteiger partial charge in [0.2, 0.25) is 0 Å². The fourth-order valence-corrected chi connectivity index (χ4v) is 4.08. The maximum atomic E-state index is 6.30. The molecule has 2 N–H and O–H groups in total.